The van der Waals surface area contributed by atoms with Crippen molar-refractivity contribution in [2.24, 2.45) is 0 Å². The lowest BCUT2D eigenvalue weighted by atomic mass is 9.81. The average molecular weight is 786 g/mol. The van der Waals surface area contributed by atoms with E-state index >= 15 is 0 Å². The van der Waals surface area contributed by atoms with Gasteiger partial charge in [0.25, 0.3) is 0 Å². The number of aromatic hydroxyl groups is 6. The third-order valence-electron chi connectivity index (χ3n) is 11.6. The molecule has 8 aromatic carbocycles. The van der Waals surface area contributed by atoms with E-state index in [0.717, 1.165) is 32.9 Å². The van der Waals surface area contributed by atoms with Gasteiger partial charge in [-0.15, -0.1) is 0 Å². The second-order valence-electron chi connectivity index (χ2n) is 15.7. The Balaban J connectivity index is 1.68. The van der Waals surface area contributed by atoms with Crippen LogP contribution in [-0.2, 0) is 0 Å². The number of aryl methyl sites for hydroxylation is 1. The number of fused-ring (bicyclic) bond motifs is 4. The number of hydrogen-bond donors (Lipinski definition) is 6. The molecule has 0 saturated carbocycles. The number of phenolic OH excluding ortho intramolecular Hbond substituents is 6. The zero-order valence-corrected chi connectivity index (χ0v) is 33.4. The summed E-state index contributed by atoms with van der Waals surface area (Å²) < 4.78 is 0. The van der Waals surface area contributed by atoms with Crippen molar-refractivity contribution in [2.45, 2.75) is 53.4 Å². The highest BCUT2D eigenvalue weighted by molar-refractivity contribution is 6.20. The third kappa shape index (κ3) is 5.60. The standard InChI is InChI=1S/C50H43NO8/c1-24(2)37-32-21-26(5)39(47(56)41(32)33(22-52)45(54)49(37)58)40-27(6)44(43-38(25(3)4)50(59)46(55)34(23-53)42(43)48(40)57)51(35-19-11-15-28-13-7-9-17-30(28)35)36-20-12-16-29-14-8-10-18-31(29)36/h7-25,54-59H,1-6H3. The van der Waals surface area contributed by atoms with Crippen LogP contribution in [0.1, 0.15) is 82.5 Å². The van der Waals surface area contributed by atoms with Gasteiger partial charge in [0.2, 0.25) is 0 Å². The van der Waals surface area contributed by atoms with Crippen molar-refractivity contribution in [3.63, 3.8) is 0 Å². The molecule has 0 bridgehead atoms. The van der Waals surface area contributed by atoms with Crippen LogP contribution in [0.5, 0.6) is 34.5 Å². The van der Waals surface area contributed by atoms with E-state index in [1.165, 1.54) is 0 Å². The molecule has 6 N–H and O–H groups in total. The minimum Gasteiger partial charge on any atom is -0.507 e. The number of rotatable bonds is 8. The van der Waals surface area contributed by atoms with E-state index in [0.29, 0.717) is 45.7 Å². The topological polar surface area (TPSA) is 159 Å². The summed E-state index contributed by atoms with van der Waals surface area (Å²) in [5.74, 6) is -4.09. The third-order valence-corrected chi connectivity index (χ3v) is 11.6. The summed E-state index contributed by atoms with van der Waals surface area (Å²) in [4.78, 5) is 27.9. The Morgan fingerprint density at radius 3 is 1.46 bits per heavy atom. The smallest absolute Gasteiger partial charge is 0.169 e. The van der Waals surface area contributed by atoms with Crippen LogP contribution in [0.15, 0.2) is 91.0 Å². The summed E-state index contributed by atoms with van der Waals surface area (Å²) in [6.45, 7) is 10.8. The first kappa shape index (κ1) is 38.6. The molecule has 0 atom stereocenters. The predicted molar refractivity (Wildman–Crippen MR) is 235 cm³/mol. The molecular formula is C50H43NO8. The van der Waals surface area contributed by atoms with Crippen LogP contribution in [0.25, 0.3) is 54.2 Å². The van der Waals surface area contributed by atoms with Gasteiger partial charge in [0.1, 0.15) is 11.5 Å². The van der Waals surface area contributed by atoms with E-state index in [1.807, 2.05) is 118 Å². The Bertz CT molecular complexity index is 3000. The maximum atomic E-state index is 13.2. The fourth-order valence-electron chi connectivity index (χ4n) is 9.10. The number of phenols is 6. The van der Waals surface area contributed by atoms with E-state index in [9.17, 15) is 40.2 Å². The zero-order chi connectivity index (χ0) is 42.2. The Labute approximate surface area is 340 Å². The molecule has 0 fully saturated rings. The number of benzene rings is 8. The molecule has 0 aliphatic heterocycles. The summed E-state index contributed by atoms with van der Waals surface area (Å²) >= 11 is 0. The normalized spacial score (nSPS) is 11.7. The summed E-state index contributed by atoms with van der Waals surface area (Å²) in [6.07, 6.45) is 0.749. The van der Waals surface area contributed by atoms with Crippen LogP contribution in [0, 0.1) is 13.8 Å². The summed E-state index contributed by atoms with van der Waals surface area (Å²) in [6, 6.07) is 29.3. The van der Waals surface area contributed by atoms with Crippen LogP contribution < -0.4 is 4.90 Å². The van der Waals surface area contributed by atoms with Crippen molar-refractivity contribution in [3.05, 3.63) is 124 Å². The lowest BCUT2D eigenvalue weighted by molar-refractivity contribution is 0.111. The van der Waals surface area contributed by atoms with Gasteiger partial charge in [-0.1, -0.05) is 107 Å². The minimum atomic E-state index is -0.709. The van der Waals surface area contributed by atoms with Crippen molar-refractivity contribution >= 4 is 72.7 Å². The average Bonchev–Trinajstić information content (AvgIpc) is 3.21. The number of anilines is 3. The van der Waals surface area contributed by atoms with Gasteiger partial charge in [-0.05, 0) is 65.1 Å². The molecule has 9 nitrogen and oxygen atoms in total. The molecule has 8 rings (SSSR count). The van der Waals surface area contributed by atoms with Crippen LogP contribution in [0.4, 0.5) is 17.1 Å². The Morgan fingerprint density at radius 2 is 0.949 bits per heavy atom. The molecule has 296 valence electrons. The van der Waals surface area contributed by atoms with Crippen molar-refractivity contribution in [2.75, 3.05) is 4.90 Å². The van der Waals surface area contributed by atoms with E-state index in [-0.39, 0.29) is 44.5 Å². The second kappa shape index (κ2) is 14.3. The first-order valence-electron chi connectivity index (χ1n) is 19.4. The monoisotopic (exact) mass is 785 g/mol. The quantitative estimate of drug-likeness (QED) is 0.0651. The molecule has 0 radical (unpaired) electrons. The molecule has 9 heteroatoms. The van der Waals surface area contributed by atoms with Gasteiger partial charge in [-0.3, -0.25) is 9.59 Å². The fourth-order valence-corrected chi connectivity index (χ4v) is 9.10. The zero-order valence-electron chi connectivity index (χ0n) is 33.4. The molecule has 0 aromatic heterocycles. The molecule has 0 unspecified atom stereocenters. The van der Waals surface area contributed by atoms with E-state index in [1.54, 1.807) is 19.9 Å². The summed E-state index contributed by atoms with van der Waals surface area (Å²) in [5, 5.41) is 75.0. The number of carbonyl (C=O) groups excluding carboxylic acids is 2. The second-order valence-corrected chi connectivity index (χ2v) is 15.7. The molecule has 0 aliphatic carbocycles. The molecule has 0 heterocycles. The van der Waals surface area contributed by atoms with Gasteiger partial charge in [-0.2, -0.15) is 0 Å². The van der Waals surface area contributed by atoms with E-state index < -0.39 is 40.4 Å². The number of carbonyl (C=O) groups is 2. The molecular weight excluding hydrogens is 743 g/mol. The lowest BCUT2D eigenvalue weighted by Crippen LogP contribution is -2.15. The van der Waals surface area contributed by atoms with E-state index in [4.69, 9.17) is 0 Å². The highest BCUT2D eigenvalue weighted by atomic mass is 16.3. The van der Waals surface area contributed by atoms with E-state index in [2.05, 4.69) is 0 Å². The van der Waals surface area contributed by atoms with Crippen LogP contribution in [-0.4, -0.2) is 43.2 Å². The highest BCUT2D eigenvalue weighted by Crippen LogP contribution is 2.59. The molecule has 0 saturated heterocycles. The maximum Gasteiger partial charge on any atom is 0.169 e. The molecule has 0 amide bonds. The highest BCUT2D eigenvalue weighted by Gasteiger charge is 2.35. The van der Waals surface area contributed by atoms with Crippen molar-refractivity contribution in [1.29, 1.82) is 0 Å². The molecule has 8 aromatic rings. The van der Waals surface area contributed by atoms with Crippen molar-refractivity contribution in [1.82, 2.24) is 0 Å². The van der Waals surface area contributed by atoms with Gasteiger partial charge in [0.05, 0.1) is 28.2 Å². The van der Waals surface area contributed by atoms with Gasteiger partial charge < -0.3 is 35.5 Å². The fraction of sp³-hybridized carbons (Fsp3) is 0.160. The van der Waals surface area contributed by atoms with Crippen LogP contribution in [0.3, 0.4) is 0 Å². The summed E-state index contributed by atoms with van der Waals surface area (Å²) in [5.41, 5.74) is 2.78. The SMILES string of the molecule is Cc1cc2c(C(C)C)c(O)c(O)c(C=O)c2c(O)c1-c1c(C)c(N(c2cccc3ccccc23)c2cccc3ccccc23)c2c(C(C)C)c(O)c(O)c(C=O)c2c1O. The van der Waals surface area contributed by atoms with Gasteiger partial charge in [0, 0.05) is 49.2 Å². The molecule has 59 heavy (non-hydrogen) atoms. The Kier molecular flexibility index (Phi) is 9.35. The predicted octanol–water partition coefficient (Wildman–Crippen LogP) is 12.2. The van der Waals surface area contributed by atoms with Gasteiger partial charge in [-0.25, -0.2) is 0 Å². The first-order chi connectivity index (χ1) is 28.2. The van der Waals surface area contributed by atoms with Crippen LogP contribution in [0.2, 0.25) is 0 Å². The Morgan fingerprint density at radius 1 is 0.492 bits per heavy atom. The van der Waals surface area contributed by atoms with Crippen molar-refractivity contribution < 1.29 is 40.2 Å². The Hall–Kier alpha value is -7.26. The first-order valence-corrected chi connectivity index (χ1v) is 19.4. The number of aldehydes is 2. The van der Waals surface area contributed by atoms with Gasteiger partial charge >= 0.3 is 0 Å². The number of hydrogen-bond acceptors (Lipinski definition) is 9. The lowest BCUT2D eigenvalue weighted by Gasteiger charge is -2.34. The van der Waals surface area contributed by atoms with Crippen molar-refractivity contribution in [3.8, 4) is 45.6 Å². The minimum absolute atomic E-state index is 0.0351. The summed E-state index contributed by atoms with van der Waals surface area (Å²) in [7, 11) is 0. The largest absolute Gasteiger partial charge is 0.507 e. The molecule has 0 aliphatic rings. The van der Waals surface area contributed by atoms with Gasteiger partial charge in [0.15, 0.2) is 35.6 Å². The van der Waals surface area contributed by atoms with Crippen LogP contribution >= 0.6 is 0 Å². The number of nitrogens with zero attached hydrogens (tertiary/aromatic N) is 1. The maximum absolute atomic E-state index is 13.2. The molecule has 0 spiro atoms.